The van der Waals surface area contributed by atoms with Crippen molar-refractivity contribution in [2.24, 2.45) is 0 Å². The van der Waals surface area contributed by atoms with Crippen molar-refractivity contribution in [1.82, 2.24) is 4.57 Å². The fourth-order valence-corrected chi connectivity index (χ4v) is 3.60. The summed E-state index contributed by atoms with van der Waals surface area (Å²) >= 11 is 0. The molecule has 0 saturated heterocycles. The van der Waals surface area contributed by atoms with E-state index in [4.69, 9.17) is 0 Å². The second-order valence-corrected chi connectivity index (χ2v) is 5.42. The number of hydrogen-bond acceptors (Lipinski definition) is 1. The number of aromatic nitrogens is 1. The third-order valence-electron chi connectivity index (χ3n) is 4.26. The van der Waals surface area contributed by atoms with Crippen LogP contribution in [0, 0.1) is 6.92 Å². The lowest BCUT2D eigenvalue weighted by Crippen LogP contribution is -2.19. The van der Waals surface area contributed by atoms with E-state index in [1.165, 1.54) is 47.8 Å². The van der Waals surface area contributed by atoms with Gasteiger partial charge in [-0.1, -0.05) is 0 Å². The van der Waals surface area contributed by atoms with Crippen LogP contribution in [0.25, 0.3) is 10.9 Å². The molecule has 1 aromatic carbocycles. The molecule has 0 fully saturated rings. The molecule has 0 atom stereocenters. The van der Waals surface area contributed by atoms with Crippen LogP contribution in [-0.2, 0) is 19.4 Å². The summed E-state index contributed by atoms with van der Waals surface area (Å²) in [4.78, 5) is 0. The number of rotatable bonds is 0. The van der Waals surface area contributed by atoms with Gasteiger partial charge in [0.15, 0.2) is 0 Å². The van der Waals surface area contributed by atoms with Crippen LogP contribution in [0.2, 0.25) is 0 Å². The van der Waals surface area contributed by atoms with Crippen molar-refractivity contribution in [3.8, 4) is 0 Å². The molecule has 18 heavy (non-hydrogen) atoms. The zero-order valence-corrected chi connectivity index (χ0v) is 11.6. The van der Waals surface area contributed by atoms with Gasteiger partial charge >= 0.3 is 0 Å². The number of halogens is 1. The van der Waals surface area contributed by atoms with Gasteiger partial charge in [-0.3, -0.25) is 0 Å². The number of fused-ring (bicyclic) bond motifs is 3. The molecule has 1 aromatic heterocycles. The topological polar surface area (TPSA) is 17.0 Å². The van der Waals surface area contributed by atoms with E-state index < -0.39 is 0 Å². The number of anilines is 1. The van der Waals surface area contributed by atoms with Crippen LogP contribution in [-0.4, -0.2) is 11.1 Å². The molecule has 96 valence electrons. The molecule has 0 spiro atoms. The van der Waals surface area contributed by atoms with E-state index in [2.05, 4.69) is 28.9 Å². The number of benzene rings is 1. The van der Waals surface area contributed by atoms with E-state index in [1.807, 2.05) is 0 Å². The van der Waals surface area contributed by atoms with Crippen LogP contribution in [0.15, 0.2) is 12.1 Å². The van der Waals surface area contributed by atoms with Crippen molar-refractivity contribution >= 4 is 29.0 Å². The first-order valence-corrected chi connectivity index (χ1v) is 6.73. The molecule has 1 N–H and O–H groups in total. The lowest BCUT2D eigenvalue weighted by atomic mass is 9.95. The molecule has 1 aliphatic carbocycles. The summed E-state index contributed by atoms with van der Waals surface area (Å²) in [5.74, 6) is 0. The summed E-state index contributed by atoms with van der Waals surface area (Å²) in [6.45, 7) is 4.42. The van der Waals surface area contributed by atoms with E-state index in [9.17, 15) is 0 Å². The molecule has 0 amide bonds. The smallest absolute Gasteiger partial charge is 0.0721 e. The van der Waals surface area contributed by atoms with Gasteiger partial charge in [-0.2, -0.15) is 0 Å². The van der Waals surface area contributed by atoms with E-state index in [-0.39, 0.29) is 12.4 Å². The second kappa shape index (κ2) is 4.20. The van der Waals surface area contributed by atoms with Gasteiger partial charge < -0.3 is 9.88 Å². The van der Waals surface area contributed by atoms with Crippen LogP contribution in [0.1, 0.15) is 29.7 Å². The second-order valence-electron chi connectivity index (χ2n) is 5.42. The summed E-state index contributed by atoms with van der Waals surface area (Å²) < 4.78 is 2.58. The van der Waals surface area contributed by atoms with Crippen LogP contribution in [0.5, 0.6) is 0 Å². The van der Waals surface area contributed by atoms with Crippen LogP contribution < -0.4 is 5.32 Å². The minimum absolute atomic E-state index is 0. The zero-order valence-electron chi connectivity index (χ0n) is 10.8. The Balaban J connectivity index is 0.000001000. The highest BCUT2D eigenvalue weighted by Gasteiger charge is 2.23. The average Bonchev–Trinajstić information content (AvgIpc) is 2.67. The highest BCUT2D eigenvalue weighted by molar-refractivity contribution is 5.96. The summed E-state index contributed by atoms with van der Waals surface area (Å²) in [6.07, 6.45) is 5.29. The van der Waals surface area contributed by atoms with Crippen molar-refractivity contribution in [3.63, 3.8) is 0 Å². The molecule has 0 unspecified atom stereocenters. The lowest BCUT2D eigenvalue weighted by molar-refractivity contribution is 0.618. The van der Waals surface area contributed by atoms with Crippen LogP contribution in [0.4, 0.5) is 5.69 Å². The van der Waals surface area contributed by atoms with Crippen molar-refractivity contribution in [2.75, 3.05) is 11.9 Å². The normalized spacial score (nSPS) is 16.9. The maximum atomic E-state index is 3.56. The van der Waals surface area contributed by atoms with Crippen molar-refractivity contribution < 1.29 is 0 Å². The third-order valence-corrected chi connectivity index (χ3v) is 4.26. The summed E-state index contributed by atoms with van der Waals surface area (Å²) in [6, 6.07) is 4.68. The average molecular weight is 263 g/mol. The Kier molecular flexibility index (Phi) is 2.78. The van der Waals surface area contributed by atoms with Gasteiger partial charge in [0.1, 0.15) is 0 Å². The molecule has 1 aliphatic heterocycles. The molecule has 2 nitrogen and oxygen atoms in total. The maximum Gasteiger partial charge on any atom is 0.0721 e. The summed E-state index contributed by atoms with van der Waals surface area (Å²) in [5.41, 5.74) is 7.46. The van der Waals surface area contributed by atoms with E-state index >= 15 is 0 Å². The van der Waals surface area contributed by atoms with Gasteiger partial charge in [-0.05, 0) is 55.9 Å². The molecule has 0 bridgehead atoms. The molecule has 4 rings (SSSR count). The Morgan fingerprint density at radius 3 is 2.89 bits per heavy atom. The van der Waals surface area contributed by atoms with E-state index in [1.54, 1.807) is 11.3 Å². The Labute approximate surface area is 114 Å². The van der Waals surface area contributed by atoms with Gasteiger partial charge in [0.05, 0.1) is 11.2 Å². The fourth-order valence-electron chi connectivity index (χ4n) is 3.60. The molecule has 2 heterocycles. The van der Waals surface area contributed by atoms with E-state index in [0.717, 1.165) is 13.1 Å². The van der Waals surface area contributed by atoms with Crippen LogP contribution in [0.3, 0.4) is 0 Å². The standard InChI is InChI=1S/C15H18N2.ClH/c1-10-8-12-11-4-2-3-5-14(11)17-7-6-16-13(9-10)15(12)17;/h8-9,16H,2-7H2,1H3;1H. The van der Waals surface area contributed by atoms with Gasteiger partial charge in [-0.15, -0.1) is 12.4 Å². The maximum absolute atomic E-state index is 3.56. The van der Waals surface area contributed by atoms with Crippen LogP contribution >= 0.6 is 12.4 Å². The van der Waals surface area contributed by atoms with Gasteiger partial charge in [-0.25, -0.2) is 0 Å². The Morgan fingerprint density at radius 1 is 1.17 bits per heavy atom. The minimum Gasteiger partial charge on any atom is -0.382 e. The van der Waals surface area contributed by atoms with Crippen molar-refractivity contribution in [3.05, 3.63) is 29.0 Å². The number of aryl methyl sites for hydroxylation is 2. The minimum atomic E-state index is 0. The number of nitrogens with zero attached hydrogens (tertiary/aromatic N) is 1. The summed E-state index contributed by atoms with van der Waals surface area (Å²) in [5, 5.41) is 5.07. The SMILES string of the molecule is Cc1cc2c3c(c1)c1c(n3CCN2)CCCC1.Cl. The first-order valence-electron chi connectivity index (χ1n) is 6.73. The summed E-state index contributed by atoms with van der Waals surface area (Å²) in [7, 11) is 0. The first-order chi connectivity index (χ1) is 8.34. The third kappa shape index (κ3) is 1.48. The van der Waals surface area contributed by atoms with Gasteiger partial charge in [0.25, 0.3) is 0 Å². The van der Waals surface area contributed by atoms with Gasteiger partial charge in [0, 0.05) is 24.2 Å². The number of hydrogen-bond donors (Lipinski definition) is 1. The fraction of sp³-hybridized carbons (Fsp3) is 0.467. The predicted octanol–water partition coefficient (Wildman–Crippen LogP) is 3.68. The quantitative estimate of drug-likeness (QED) is 0.767. The first kappa shape index (κ1) is 11.9. The molecular weight excluding hydrogens is 244 g/mol. The Hall–Kier alpha value is -1.15. The molecule has 2 aromatic rings. The molecule has 0 radical (unpaired) electrons. The van der Waals surface area contributed by atoms with Gasteiger partial charge in [0.2, 0.25) is 0 Å². The number of nitrogens with one attached hydrogen (secondary N) is 1. The highest BCUT2D eigenvalue weighted by Crippen LogP contribution is 2.38. The van der Waals surface area contributed by atoms with Crippen molar-refractivity contribution in [2.45, 2.75) is 39.2 Å². The zero-order chi connectivity index (χ0) is 11.4. The Bertz CT molecular complexity index is 613. The van der Waals surface area contributed by atoms with Crippen molar-refractivity contribution in [1.29, 1.82) is 0 Å². The monoisotopic (exact) mass is 262 g/mol. The lowest BCUT2D eigenvalue weighted by Gasteiger charge is -2.21. The predicted molar refractivity (Wildman–Crippen MR) is 79.1 cm³/mol. The molecule has 0 saturated carbocycles. The Morgan fingerprint density at radius 2 is 2.00 bits per heavy atom. The highest BCUT2D eigenvalue weighted by atomic mass is 35.5. The molecule has 2 aliphatic rings. The molecular formula is C15H19ClN2. The molecule has 3 heteroatoms. The van der Waals surface area contributed by atoms with E-state index in [0.29, 0.717) is 0 Å². The largest absolute Gasteiger partial charge is 0.382 e.